The van der Waals surface area contributed by atoms with Gasteiger partial charge in [-0.1, -0.05) is 54.6 Å². The van der Waals surface area contributed by atoms with Crippen LogP contribution in [0.5, 0.6) is 0 Å². The fourth-order valence-corrected chi connectivity index (χ4v) is 2.63. The molecule has 0 aliphatic heterocycles. The first-order valence-corrected chi connectivity index (χ1v) is 7.52. The molecule has 5 heteroatoms. The summed E-state index contributed by atoms with van der Waals surface area (Å²) in [5.74, 6) is -0.756. The molecular formula is C19H17N3O2. The molecule has 0 atom stereocenters. The summed E-state index contributed by atoms with van der Waals surface area (Å²) in [5.41, 5.74) is 14.2. The summed E-state index contributed by atoms with van der Waals surface area (Å²) in [6.45, 7) is 0.424. The predicted molar refractivity (Wildman–Crippen MR) is 94.3 cm³/mol. The van der Waals surface area contributed by atoms with Crippen molar-refractivity contribution in [3.8, 4) is 22.4 Å². The van der Waals surface area contributed by atoms with Gasteiger partial charge in [0.15, 0.2) is 0 Å². The Morgan fingerprint density at radius 3 is 2.21 bits per heavy atom. The van der Waals surface area contributed by atoms with Crippen LogP contribution in [0.2, 0.25) is 0 Å². The molecule has 3 rings (SSSR count). The molecule has 5 nitrogen and oxygen atoms in total. The van der Waals surface area contributed by atoms with Crippen molar-refractivity contribution >= 4 is 5.91 Å². The minimum atomic E-state index is -0.756. The third kappa shape index (κ3) is 2.98. The summed E-state index contributed by atoms with van der Waals surface area (Å²) >= 11 is 0. The zero-order chi connectivity index (χ0) is 17.1. The van der Waals surface area contributed by atoms with E-state index in [0.29, 0.717) is 17.8 Å². The number of nitrogens with one attached hydrogen (secondary N) is 1. The van der Waals surface area contributed by atoms with Crippen LogP contribution in [-0.2, 0) is 6.54 Å². The quantitative estimate of drug-likeness (QED) is 0.687. The molecule has 0 aliphatic rings. The van der Waals surface area contributed by atoms with E-state index < -0.39 is 11.5 Å². The van der Waals surface area contributed by atoms with Crippen molar-refractivity contribution in [3.05, 3.63) is 82.1 Å². The van der Waals surface area contributed by atoms with Gasteiger partial charge in [-0.3, -0.25) is 9.59 Å². The first-order valence-electron chi connectivity index (χ1n) is 7.52. The van der Waals surface area contributed by atoms with E-state index in [1.807, 2.05) is 54.6 Å². The van der Waals surface area contributed by atoms with Crippen LogP contribution in [0, 0.1) is 0 Å². The van der Waals surface area contributed by atoms with Gasteiger partial charge in [0.05, 0.1) is 0 Å². The maximum absolute atomic E-state index is 12.4. The fraction of sp³-hybridized carbons (Fsp3) is 0.0526. The molecule has 1 aromatic heterocycles. The molecule has 0 spiro atoms. The lowest BCUT2D eigenvalue weighted by molar-refractivity contribution is 0.0999. The Kier molecular flexibility index (Phi) is 4.26. The van der Waals surface area contributed by atoms with Crippen molar-refractivity contribution in [2.24, 2.45) is 11.5 Å². The van der Waals surface area contributed by atoms with Crippen LogP contribution in [0.1, 0.15) is 15.9 Å². The van der Waals surface area contributed by atoms with Crippen molar-refractivity contribution in [1.29, 1.82) is 0 Å². The highest BCUT2D eigenvalue weighted by atomic mass is 16.2. The van der Waals surface area contributed by atoms with Crippen LogP contribution in [0.25, 0.3) is 22.4 Å². The monoisotopic (exact) mass is 319 g/mol. The van der Waals surface area contributed by atoms with E-state index in [1.54, 1.807) is 6.07 Å². The van der Waals surface area contributed by atoms with E-state index in [-0.39, 0.29) is 5.56 Å². The average molecular weight is 319 g/mol. The average Bonchev–Trinajstić information content (AvgIpc) is 2.61. The minimum Gasteiger partial charge on any atom is -0.365 e. The van der Waals surface area contributed by atoms with Crippen molar-refractivity contribution in [1.82, 2.24) is 4.98 Å². The number of pyridine rings is 1. The number of primary amides is 1. The van der Waals surface area contributed by atoms with Gasteiger partial charge in [0, 0.05) is 17.8 Å². The van der Waals surface area contributed by atoms with Gasteiger partial charge in [0.1, 0.15) is 5.56 Å². The molecular weight excluding hydrogens is 302 g/mol. The van der Waals surface area contributed by atoms with E-state index in [1.165, 1.54) is 0 Å². The Hall–Kier alpha value is -3.18. The summed E-state index contributed by atoms with van der Waals surface area (Å²) in [6, 6.07) is 18.6. The SMILES string of the molecule is NCc1ccc(-c2cc(-c3ccccc3)[nH]c(=O)c2C(N)=O)cc1. The molecule has 120 valence electrons. The maximum Gasteiger partial charge on any atom is 0.261 e. The first kappa shape index (κ1) is 15.7. The van der Waals surface area contributed by atoms with E-state index in [0.717, 1.165) is 16.7 Å². The maximum atomic E-state index is 12.4. The van der Waals surface area contributed by atoms with E-state index in [9.17, 15) is 9.59 Å². The van der Waals surface area contributed by atoms with Crippen LogP contribution in [0.3, 0.4) is 0 Å². The third-order valence-corrected chi connectivity index (χ3v) is 3.87. The summed E-state index contributed by atoms with van der Waals surface area (Å²) in [4.78, 5) is 26.9. The predicted octanol–water partition coefficient (Wildman–Crippen LogP) is 2.27. The fourth-order valence-electron chi connectivity index (χ4n) is 2.63. The minimum absolute atomic E-state index is 0.0461. The number of hydrogen-bond donors (Lipinski definition) is 3. The molecule has 0 aliphatic carbocycles. The second-order valence-electron chi connectivity index (χ2n) is 5.43. The normalized spacial score (nSPS) is 10.5. The molecule has 0 saturated heterocycles. The van der Waals surface area contributed by atoms with Gasteiger partial charge in [-0.05, 0) is 22.8 Å². The zero-order valence-electron chi connectivity index (χ0n) is 13.0. The smallest absolute Gasteiger partial charge is 0.261 e. The Labute approximate surface area is 138 Å². The zero-order valence-corrected chi connectivity index (χ0v) is 13.0. The molecule has 1 amide bonds. The molecule has 5 N–H and O–H groups in total. The second-order valence-corrected chi connectivity index (χ2v) is 5.43. The first-order chi connectivity index (χ1) is 11.6. The topological polar surface area (TPSA) is 102 Å². The Morgan fingerprint density at radius 1 is 0.958 bits per heavy atom. The summed E-state index contributed by atoms with van der Waals surface area (Å²) in [7, 11) is 0. The number of amides is 1. The van der Waals surface area contributed by atoms with Gasteiger partial charge >= 0.3 is 0 Å². The number of aromatic nitrogens is 1. The van der Waals surface area contributed by atoms with Crippen molar-refractivity contribution in [3.63, 3.8) is 0 Å². The number of aromatic amines is 1. The molecule has 2 aromatic carbocycles. The van der Waals surface area contributed by atoms with Crippen LogP contribution >= 0.6 is 0 Å². The summed E-state index contributed by atoms with van der Waals surface area (Å²) in [6.07, 6.45) is 0. The molecule has 24 heavy (non-hydrogen) atoms. The molecule has 0 bridgehead atoms. The lowest BCUT2D eigenvalue weighted by Crippen LogP contribution is -2.25. The van der Waals surface area contributed by atoms with Gasteiger partial charge in [0.2, 0.25) is 0 Å². The largest absolute Gasteiger partial charge is 0.365 e. The van der Waals surface area contributed by atoms with Gasteiger partial charge in [-0.15, -0.1) is 0 Å². The number of rotatable bonds is 4. The van der Waals surface area contributed by atoms with Gasteiger partial charge in [-0.25, -0.2) is 0 Å². The number of carbonyl (C=O) groups is 1. The molecule has 0 radical (unpaired) electrons. The number of carbonyl (C=O) groups excluding carboxylic acids is 1. The van der Waals surface area contributed by atoms with Gasteiger partial charge in [-0.2, -0.15) is 0 Å². The Morgan fingerprint density at radius 2 is 1.62 bits per heavy atom. The Bertz CT molecular complexity index is 929. The van der Waals surface area contributed by atoms with Crippen molar-refractivity contribution in [2.75, 3.05) is 0 Å². The standard InChI is InChI=1S/C19H17N3O2/c20-11-12-6-8-13(9-7-12)15-10-16(14-4-2-1-3-5-14)22-19(24)17(15)18(21)23/h1-10H,11,20H2,(H2,21,23)(H,22,24). The van der Waals surface area contributed by atoms with Crippen LogP contribution in [0.4, 0.5) is 0 Å². The number of H-pyrrole nitrogens is 1. The Balaban J connectivity index is 2.23. The highest BCUT2D eigenvalue weighted by Gasteiger charge is 2.16. The van der Waals surface area contributed by atoms with Crippen molar-refractivity contribution in [2.45, 2.75) is 6.54 Å². The van der Waals surface area contributed by atoms with Crippen LogP contribution in [-0.4, -0.2) is 10.9 Å². The summed E-state index contributed by atoms with van der Waals surface area (Å²) in [5, 5.41) is 0. The highest BCUT2D eigenvalue weighted by Crippen LogP contribution is 2.26. The number of benzene rings is 2. The second kappa shape index (κ2) is 6.52. The van der Waals surface area contributed by atoms with Crippen LogP contribution < -0.4 is 17.0 Å². The van der Waals surface area contributed by atoms with E-state index in [2.05, 4.69) is 4.98 Å². The van der Waals surface area contributed by atoms with E-state index in [4.69, 9.17) is 11.5 Å². The third-order valence-electron chi connectivity index (χ3n) is 3.87. The van der Waals surface area contributed by atoms with Gasteiger partial charge in [0.25, 0.3) is 11.5 Å². The van der Waals surface area contributed by atoms with E-state index >= 15 is 0 Å². The molecule has 0 saturated carbocycles. The molecule has 3 aromatic rings. The molecule has 0 fully saturated rings. The summed E-state index contributed by atoms with van der Waals surface area (Å²) < 4.78 is 0. The number of nitrogens with two attached hydrogens (primary N) is 2. The lowest BCUT2D eigenvalue weighted by atomic mass is 9.97. The molecule has 0 unspecified atom stereocenters. The highest BCUT2D eigenvalue weighted by molar-refractivity contribution is 6.00. The molecule has 1 heterocycles. The lowest BCUT2D eigenvalue weighted by Gasteiger charge is -2.10. The van der Waals surface area contributed by atoms with Crippen LogP contribution in [0.15, 0.2) is 65.5 Å². The van der Waals surface area contributed by atoms with Crippen molar-refractivity contribution < 1.29 is 4.79 Å². The number of hydrogen-bond acceptors (Lipinski definition) is 3. The van der Waals surface area contributed by atoms with Gasteiger partial charge < -0.3 is 16.5 Å².